The number of amidine groups is 1. The molecule has 0 aliphatic carbocycles. The summed E-state index contributed by atoms with van der Waals surface area (Å²) in [4.78, 5) is 26.7. The summed E-state index contributed by atoms with van der Waals surface area (Å²) < 4.78 is 0. The van der Waals surface area contributed by atoms with Gasteiger partial charge in [0.2, 0.25) is 5.91 Å². The maximum atomic E-state index is 13.3. The van der Waals surface area contributed by atoms with E-state index in [1.807, 2.05) is 60.7 Å². The maximum absolute atomic E-state index is 13.3. The van der Waals surface area contributed by atoms with Gasteiger partial charge in [-0.3, -0.25) is 4.79 Å². The minimum Gasteiger partial charge on any atom is -0.508 e. The summed E-state index contributed by atoms with van der Waals surface area (Å²) in [5, 5.41) is 30.8. The normalized spacial score (nSPS) is 12.0. The third-order valence-electron chi connectivity index (χ3n) is 6.38. The highest BCUT2D eigenvalue weighted by Crippen LogP contribution is 2.22. The van der Waals surface area contributed by atoms with Gasteiger partial charge in [0.25, 0.3) is 0 Å². The summed E-state index contributed by atoms with van der Waals surface area (Å²) in [5.74, 6) is -0.449. The molecule has 0 saturated heterocycles. The van der Waals surface area contributed by atoms with E-state index in [-0.39, 0.29) is 24.6 Å². The molecule has 7 N–H and O–H groups in total. The quantitative estimate of drug-likeness (QED) is 0.0788. The predicted octanol–water partition coefficient (Wildman–Crippen LogP) is 3.80. The molecule has 9 heteroatoms. The Labute approximate surface area is 232 Å². The lowest BCUT2D eigenvalue weighted by molar-refractivity contribution is -0.123. The third kappa shape index (κ3) is 7.38. The molecule has 0 aliphatic rings. The number of phenolic OH excluding ortho intramolecular Hbond substituents is 1. The standard InChI is InChI=1S/C31H31N5O4/c32-29(36-40)24-16-9-10-21(18-24)19-26(30(38)33-20-25-15-7-8-17-27(25)37)34-31(39)35-28(22-11-3-1-4-12-22)23-13-5-2-6-14-23/h1-18,26,28,37,40H,19-20H2,(H2,32,36)(H,33,38)(H2,34,35,39). The fraction of sp³-hybridized carbons (Fsp3) is 0.129. The second-order valence-electron chi connectivity index (χ2n) is 9.16. The zero-order valence-electron chi connectivity index (χ0n) is 21.7. The topological polar surface area (TPSA) is 149 Å². The zero-order chi connectivity index (χ0) is 28.3. The van der Waals surface area contributed by atoms with E-state index in [0.29, 0.717) is 16.7 Å². The van der Waals surface area contributed by atoms with E-state index in [4.69, 9.17) is 10.9 Å². The van der Waals surface area contributed by atoms with Crippen molar-refractivity contribution in [1.82, 2.24) is 16.0 Å². The van der Waals surface area contributed by atoms with Gasteiger partial charge in [-0.1, -0.05) is 102 Å². The molecule has 1 atom stereocenters. The van der Waals surface area contributed by atoms with Crippen LogP contribution in [0.5, 0.6) is 5.75 Å². The van der Waals surface area contributed by atoms with E-state index >= 15 is 0 Å². The highest BCUT2D eigenvalue weighted by atomic mass is 16.4. The minimum atomic E-state index is -0.972. The van der Waals surface area contributed by atoms with Gasteiger partial charge in [-0.25, -0.2) is 4.79 Å². The monoisotopic (exact) mass is 537 g/mol. The number of nitrogens with zero attached hydrogens (tertiary/aromatic N) is 1. The Bertz CT molecular complexity index is 1420. The number of benzene rings is 4. The summed E-state index contributed by atoms with van der Waals surface area (Å²) >= 11 is 0. The molecule has 0 aliphatic heterocycles. The van der Waals surface area contributed by atoms with Gasteiger partial charge in [0.15, 0.2) is 5.84 Å². The molecule has 0 aromatic heterocycles. The summed E-state index contributed by atoms with van der Waals surface area (Å²) in [6.45, 7) is 0.0755. The van der Waals surface area contributed by atoms with Crippen molar-refractivity contribution < 1.29 is 19.9 Å². The Morgan fingerprint density at radius 3 is 2.05 bits per heavy atom. The Morgan fingerprint density at radius 2 is 1.43 bits per heavy atom. The molecule has 0 radical (unpaired) electrons. The number of para-hydroxylation sites is 1. The minimum absolute atomic E-state index is 0.0603. The first-order valence-corrected chi connectivity index (χ1v) is 12.7. The molecule has 3 amide bonds. The number of phenols is 1. The predicted molar refractivity (Wildman–Crippen MR) is 153 cm³/mol. The van der Waals surface area contributed by atoms with Gasteiger partial charge in [0, 0.05) is 24.1 Å². The molecule has 1 unspecified atom stereocenters. The second-order valence-corrected chi connectivity index (χ2v) is 9.16. The molecule has 4 aromatic rings. The molecule has 0 bridgehead atoms. The van der Waals surface area contributed by atoms with Crippen molar-refractivity contribution in [3.8, 4) is 5.75 Å². The molecule has 40 heavy (non-hydrogen) atoms. The van der Waals surface area contributed by atoms with E-state index in [1.54, 1.807) is 42.5 Å². The SMILES string of the molecule is N/C(=N/O)c1cccc(CC(NC(=O)NC(c2ccccc2)c2ccccc2)C(=O)NCc2ccccc2O)c1. The molecule has 9 nitrogen and oxygen atoms in total. The lowest BCUT2D eigenvalue weighted by Gasteiger charge is -2.23. The van der Waals surface area contributed by atoms with Crippen LogP contribution in [-0.4, -0.2) is 34.1 Å². The first-order valence-electron chi connectivity index (χ1n) is 12.7. The van der Waals surface area contributed by atoms with Gasteiger partial charge < -0.3 is 32.0 Å². The van der Waals surface area contributed by atoms with Crippen LogP contribution in [0, 0.1) is 0 Å². The van der Waals surface area contributed by atoms with Crippen LogP contribution in [0.2, 0.25) is 0 Å². The van der Waals surface area contributed by atoms with Crippen LogP contribution >= 0.6 is 0 Å². The number of aromatic hydroxyl groups is 1. The number of rotatable bonds is 10. The molecule has 0 fully saturated rings. The van der Waals surface area contributed by atoms with Crippen molar-refractivity contribution in [2.75, 3.05) is 0 Å². The third-order valence-corrected chi connectivity index (χ3v) is 6.38. The van der Waals surface area contributed by atoms with E-state index in [2.05, 4.69) is 21.1 Å². The van der Waals surface area contributed by atoms with Crippen LogP contribution < -0.4 is 21.7 Å². The number of nitrogens with one attached hydrogen (secondary N) is 3. The molecule has 0 saturated carbocycles. The summed E-state index contributed by atoms with van der Waals surface area (Å²) in [5.41, 5.74) is 9.22. The average Bonchev–Trinajstić information content (AvgIpc) is 2.99. The molecule has 204 valence electrons. The molecular formula is C31H31N5O4. The number of urea groups is 1. The fourth-order valence-corrected chi connectivity index (χ4v) is 4.31. The molecule has 4 aromatic carbocycles. The van der Waals surface area contributed by atoms with E-state index in [0.717, 1.165) is 11.1 Å². The van der Waals surface area contributed by atoms with Crippen LogP contribution in [0.3, 0.4) is 0 Å². The average molecular weight is 538 g/mol. The lowest BCUT2D eigenvalue weighted by atomic mass is 9.99. The molecule has 4 rings (SSSR count). The smallest absolute Gasteiger partial charge is 0.316 e. The van der Waals surface area contributed by atoms with Crippen molar-refractivity contribution in [1.29, 1.82) is 0 Å². The van der Waals surface area contributed by atoms with Gasteiger partial charge in [0.05, 0.1) is 6.04 Å². The fourth-order valence-electron chi connectivity index (χ4n) is 4.31. The number of carbonyl (C=O) groups excluding carboxylic acids is 2. The van der Waals surface area contributed by atoms with Crippen molar-refractivity contribution >= 4 is 17.8 Å². The number of carbonyl (C=O) groups is 2. The molecule has 0 heterocycles. The zero-order valence-corrected chi connectivity index (χ0v) is 21.7. The Balaban J connectivity index is 1.55. The molecule has 0 spiro atoms. The van der Waals surface area contributed by atoms with Gasteiger partial charge in [-0.2, -0.15) is 0 Å². The summed E-state index contributed by atoms with van der Waals surface area (Å²) in [6, 6.07) is 30.7. The number of hydrogen-bond donors (Lipinski definition) is 6. The number of oxime groups is 1. The number of nitrogens with two attached hydrogens (primary N) is 1. The van der Waals surface area contributed by atoms with Gasteiger partial charge in [-0.05, 0) is 28.8 Å². The summed E-state index contributed by atoms with van der Waals surface area (Å²) in [6.07, 6.45) is 0.133. The second kappa shape index (κ2) is 13.5. The van der Waals surface area contributed by atoms with Crippen molar-refractivity contribution in [3.63, 3.8) is 0 Å². The Morgan fingerprint density at radius 1 is 0.800 bits per heavy atom. The Kier molecular flexibility index (Phi) is 9.34. The number of hydrogen-bond acceptors (Lipinski definition) is 5. The van der Waals surface area contributed by atoms with E-state index in [1.165, 1.54) is 6.07 Å². The van der Waals surface area contributed by atoms with Crippen LogP contribution in [0.4, 0.5) is 4.79 Å². The van der Waals surface area contributed by atoms with Crippen molar-refractivity contribution in [2.24, 2.45) is 10.9 Å². The molecular weight excluding hydrogens is 506 g/mol. The Hall–Kier alpha value is -5.31. The highest BCUT2D eigenvalue weighted by molar-refractivity contribution is 5.97. The van der Waals surface area contributed by atoms with Gasteiger partial charge >= 0.3 is 6.03 Å². The van der Waals surface area contributed by atoms with Crippen molar-refractivity contribution in [2.45, 2.75) is 25.0 Å². The lowest BCUT2D eigenvalue weighted by Crippen LogP contribution is -2.51. The number of amides is 3. The summed E-state index contributed by atoms with van der Waals surface area (Å²) in [7, 11) is 0. The largest absolute Gasteiger partial charge is 0.508 e. The van der Waals surface area contributed by atoms with Crippen LogP contribution in [0.25, 0.3) is 0 Å². The van der Waals surface area contributed by atoms with Crippen LogP contribution in [-0.2, 0) is 17.8 Å². The van der Waals surface area contributed by atoms with E-state index < -0.39 is 24.0 Å². The first-order chi connectivity index (χ1) is 19.4. The van der Waals surface area contributed by atoms with Crippen LogP contribution in [0.15, 0.2) is 114 Å². The maximum Gasteiger partial charge on any atom is 0.316 e. The van der Waals surface area contributed by atoms with Crippen molar-refractivity contribution in [3.05, 3.63) is 137 Å². The first kappa shape index (κ1) is 27.7. The van der Waals surface area contributed by atoms with Gasteiger partial charge in [-0.15, -0.1) is 0 Å². The van der Waals surface area contributed by atoms with Crippen LogP contribution in [0.1, 0.15) is 33.9 Å². The van der Waals surface area contributed by atoms with E-state index in [9.17, 15) is 14.7 Å². The van der Waals surface area contributed by atoms with Gasteiger partial charge in [0.1, 0.15) is 11.8 Å². The highest BCUT2D eigenvalue weighted by Gasteiger charge is 2.24.